The van der Waals surface area contributed by atoms with Crippen LogP contribution in [0.5, 0.6) is 0 Å². The molecule has 1 rings (SSSR count). The SMILES string of the molecule is CNCC(=O)Nc1cc(C(C)(C)C)ccc1C. The monoisotopic (exact) mass is 234 g/mol. The van der Waals surface area contributed by atoms with Gasteiger partial charge in [-0.25, -0.2) is 0 Å². The Bertz CT molecular complexity index is 405. The lowest BCUT2D eigenvalue weighted by Crippen LogP contribution is -2.25. The van der Waals surface area contributed by atoms with Gasteiger partial charge >= 0.3 is 0 Å². The summed E-state index contributed by atoms with van der Waals surface area (Å²) < 4.78 is 0. The number of hydrogen-bond donors (Lipinski definition) is 2. The molecule has 3 heteroatoms. The molecule has 0 spiro atoms. The van der Waals surface area contributed by atoms with E-state index >= 15 is 0 Å². The number of carbonyl (C=O) groups excluding carboxylic acids is 1. The zero-order valence-corrected chi connectivity index (χ0v) is 11.3. The van der Waals surface area contributed by atoms with E-state index in [2.05, 4.69) is 49.6 Å². The number of hydrogen-bond acceptors (Lipinski definition) is 2. The van der Waals surface area contributed by atoms with Gasteiger partial charge in [0.25, 0.3) is 0 Å². The second-order valence-corrected chi connectivity index (χ2v) is 5.36. The molecule has 2 N–H and O–H groups in total. The number of carbonyl (C=O) groups is 1. The topological polar surface area (TPSA) is 41.1 Å². The first-order valence-electron chi connectivity index (χ1n) is 5.90. The molecule has 0 heterocycles. The van der Waals surface area contributed by atoms with E-state index in [-0.39, 0.29) is 11.3 Å². The third-order valence-corrected chi connectivity index (χ3v) is 2.72. The molecule has 0 aliphatic carbocycles. The van der Waals surface area contributed by atoms with E-state index in [1.165, 1.54) is 5.56 Å². The number of likely N-dealkylation sites (N-methyl/N-ethyl adjacent to an activating group) is 1. The highest BCUT2D eigenvalue weighted by Gasteiger charge is 2.15. The lowest BCUT2D eigenvalue weighted by atomic mass is 9.86. The first-order chi connectivity index (χ1) is 7.84. The minimum atomic E-state index is -0.0124. The van der Waals surface area contributed by atoms with Crippen molar-refractivity contribution in [3.8, 4) is 0 Å². The number of aryl methyl sites for hydroxylation is 1. The molecule has 1 aromatic carbocycles. The van der Waals surface area contributed by atoms with E-state index in [4.69, 9.17) is 0 Å². The Balaban J connectivity index is 2.95. The van der Waals surface area contributed by atoms with Gasteiger partial charge in [0.15, 0.2) is 0 Å². The molecular weight excluding hydrogens is 212 g/mol. The molecule has 17 heavy (non-hydrogen) atoms. The van der Waals surface area contributed by atoms with Crippen LogP contribution in [0.1, 0.15) is 31.9 Å². The largest absolute Gasteiger partial charge is 0.325 e. The molecule has 0 aromatic heterocycles. The van der Waals surface area contributed by atoms with Crippen LogP contribution in [0.15, 0.2) is 18.2 Å². The Morgan fingerprint density at radius 3 is 2.47 bits per heavy atom. The molecule has 1 aromatic rings. The molecule has 0 bridgehead atoms. The molecule has 0 unspecified atom stereocenters. The van der Waals surface area contributed by atoms with E-state index < -0.39 is 0 Å². The molecule has 0 saturated carbocycles. The van der Waals surface area contributed by atoms with Crippen LogP contribution >= 0.6 is 0 Å². The second-order valence-electron chi connectivity index (χ2n) is 5.36. The Morgan fingerprint density at radius 1 is 1.29 bits per heavy atom. The van der Waals surface area contributed by atoms with Crippen molar-refractivity contribution in [2.45, 2.75) is 33.1 Å². The molecule has 94 valence electrons. The molecular formula is C14H22N2O. The molecule has 0 atom stereocenters. The van der Waals surface area contributed by atoms with Gasteiger partial charge in [0.1, 0.15) is 0 Å². The van der Waals surface area contributed by atoms with Crippen molar-refractivity contribution >= 4 is 11.6 Å². The summed E-state index contributed by atoms with van der Waals surface area (Å²) in [5, 5.41) is 5.76. The lowest BCUT2D eigenvalue weighted by molar-refractivity contribution is -0.115. The van der Waals surface area contributed by atoms with E-state index in [9.17, 15) is 4.79 Å². The van der Waals surface area contributed by atoms with Crippen molar-refractivity contribution in [1.82, 2.24) is 5.32 Å². The van der Waals surface area contributed by atoms with Gasteiger partial charge in [-0.2, -0.15) is 0 Å². The van der Waals surface area contributed by atoms with Crippen molar-refractivity contribution in [2.24, 2.45) is 0 Å². The molecule has 0 aliphatic rings. The maximum atomic E-state index is 11.6. The summed E-state index contributed by atoms with van der Waals surface area (Å²) in [6.45, 7) is 8.82. The quantitative estimate of drug-likeness (QED) is 0.843. The average molecular weight is 234 g/mol. The van der Waals surface area contributed by atoms with Crippen LogP contribution in [0, 0.1) is 6.92 Å². The highest BCUT2D eigenvalue weighted by Crippen LogP contribution is 2.26. The number of benzene rings is 1. The molecule has 0 saturated heterocycles. The molecule has 0 fully saturated rings. The fourth-order valence-electron chi connectivity index (χ4n) is 1.58. The van der Waals surface area contributed by atoms with Crippen molar-refractivity contribution in [3.63, 3.8) is 0 Å². The molecule has 0 aliphatic heterocycles. The summed E-state index contributed by atoms with van der Waals surface area (Å²) >= 11 is 0. The third kappa shape index (κ3) is 3.86. The van der Waals surface area contributed by atoms with Crippen LogP contribution in [0.25, 0.3) is 0 Å². The summed E-state index contributed by atoms with van der Waals surface area (Å²) in [7, 11) is 1.76. The van der Waals surface area contributed by atoms with Crippen molar-refractivity contribution in [2.75, 3.05) is 18.9 Å². The van der Waals surface area contributed by atoms with Crippen LogP contribution in [-0.2, 0) is 10.2 Å². The Labute approximate surface area is 104 Å². The maximum Gasteiger partial charge on any atom is 0.238 e. The van der Waals surface area contributed by atoms with E-state index in [0.29, 0.717) is 6.54 Å². The van der Waals surface area contributed by atoms with Gasteiger partial charge < -0.3 is 10.6 Å². The van der Waals surface area contributed by atoms with E-state index in [1.807, 2.05) is 6.92 Å². The van der Waals surface area contributed by atoms with Crippen LogP contribution in [0.4, 0.5) is 5.69 Å². The normalized spacial score (nSPS) is 11.4. The summed E-state index contributed by atoms with van der Waals surface area (Å²) in [5.74, 6) is -0.0124. The first-order valence-corrected chi connectivity index (χ1v) is 5.90. The smallest absolute Gasteiger partial charge is 0.238 e. The van der Waals surface area contributed by atoms with Gasteiger partial charge in [-0.15, -0.1) is 0 Å². The van der Waals surface area contributed by atoms with Gasteiger partial charge in [-0.05, 0) is 36.6 Å². The zero-order valence-electron chi connectivity index (χ0n) is 11.3. The summed E-state index contributed by atoms with van der Waals surface area (Å²) in [4.78, 5) is 11.6. The van der Waals surface area contributed by atoms with Crippen molar-refractivity contribution < 1.29 is 4.79 Å². The van der Waals surface area contributed by atoms with E-state index in [0.717, 1.165) is 11.3 Å². The fourth-order valence-corrected chi connectivity index (χ4v) is 1.58. The van der Waals surface area contributed by atoms with Gasteiger partial charge in [0, 0.05) is 5.69 Å². The third-order valence-electron chi connectivity index (χ3n) is 2.72. The van der Waals surface area contributed by atoms with Gasteiger partial charge in [-0.1, -0.05) is 32.9 Å². The van der Waals surface area contributed by atoms with Crippen LogP contribution in [-0.4, -0.2) is 19.5 Å². The highest BCUT2D eigenvalue weighted by atomic mass is 16.1. The van der Waals surface area contributed by atoms with Crippen molar-refractivity contribution in [3.05, 3.63) is 29.3 Å². The number of nitrogens with one attached hydrogen (secondary N) is 2. The van der Waals surface area contributed by atoms with Gasteiger partial charge in [0.05, 0.1) is 6.54 Å². The minimum absolute atomic E-state index is 0.0124. The highest BCUT2D eigenvalue weighted by molar-refractivity contribution is 5.93. The lowest BCUT2D eigenvalue weighted by Gasteiger charge is -2.21. The summed E-state index contributed by atoms with van der Waals surface area (Å²) in [5.41, 5.74) is 3.30. The minimum Gasteiger partial charge on any atom is -0.325 e. The molecule has 0 radical (unpaired) electrons. The predicted octanol–water partition coefficient (Wildman–Crippen LogP) is 2.45. The first kappa shape index (κ1) is 13.7. The molecule has 1 amide bonds. The zero-order chi connectivity index (χ0) is 13.1. The fraction of sp³-hybridized carbons (Fsp3) is 0.500. The van der Waals surface area contributed by atoms with Crippen LogP contribution < -0.4 is 10.6 Å². The van der Waals surface area contributed by atoms with Crippen LogP contribution in [0.3, 0.4) is 0 Å². The van der Waals surface area contributed by atoms with Crippen LogP contribution in [0.2, 0.25) is 0 Å². The summed E-state index contributed by atoms with van der Waals surface area (Å²) in [6, 6.07) is 6.22. The second kappa shape index (κ2) is 5.32. The molecule has 3 nitrogen and oxygen atoms in total. The number of rotatable bonds is 3. The number of amides is 1. The van der Waals surface area contributed by atoms with E-state index in [1.54, 1.807) is 7.05 Å². The van der Waals surface area contributed by atoms with Crippen molar-refractivity contribution in [1.29, 1.82) is 0 Å². The Morgan fingerprint density at radius 2 is 1.94 bits per heavy atom. The standard InChI is InChI=1S/C14H22N2O/c1-10-6-7-11(14(2,3)4)8-12(10)16-13(17)9-15-5/h6-8,15H,9H2,1-5H3,(H,16,17). The average Bonchev–Trinajstić information content (AvgIpc) is 2.20. The Kier molecular flexibility index (Phi) is 4.29. The number of anilines is 1. The summed E-state index contributed by atoms with van der Waals surface area (Å²) in [6.07, 6.45) is 0. The van der Waals surface area contributed by atoms with Gasteiger partial charge in [0.2, 0.25) is 5.91 Å². The predicted molar refractivity (Wildman–Crippen MR) is 72.4 cm³/mol. The Hall–Kier alpha value is -1.35. The van der Waals surface area contributed by atoms with Gasteiger partial charge in [-0.3, -0.25) is 4.79 Å². The maximum absolute atomic E-state index is 11.6.